The Labute approximate surface area is 114 Å². The van der Waals surface area contributed by atoms with Crippen LogP contribution in [0.3, 0.4) is 0 Å². The Hall–Kier alpha value is -1.66. The Morgan fingerprint density at radius 1 is 1.45 bits per heavy atom. The molecule has 2 rings (SSSR count). The van der Waals surface area contributed by atoms with Crippen molar-refractivity contribution >= 4 is 5.97 Å². The molecule has 1 aromatic rings. The zero-order chi connectivity index (χ0) is 14.9. The molecule has 7 heteroatoms. The van der Waals surface area contributed by atoms with Gasteiger partial charge in [0.1, 0.15) is 11.4 Å². The average molecular weight is 288 g/mol. The van der Waals surface area contributed by atoms with Crippen LogP contribution in [0.15, 0.2) is 6.20 Å². The molecule has 0 amide bonds. The Morgan fingerprint density at radius 3 is 2.65 bits per heavy atom. The molecule has 20 heavy (non-hydrogen) atoms. The zero-order valence-electron chi connectivity index (χ0n) is 10.9. The molecular weight excluding hydrogens is 273 g/mol. The van der Waals surface area contributed by atoms with Crippen LogP contribution in [0.2, 0.25) is 0 Å². The van der Waals surface area contributed by atoms with E-state index in [0.29, 0.717) is 5.92 Å². The van der Waals surface area contributed by atoms with Gasteiger partial charge in [-0.3, -0.25) is 0 Å². The lowest BCUT2D eigenvalue weighted by molar-refractivity contribution is -0.141. The summed E-state index contributed by atoms with van der Waals surface area (Å²) >= 11 is 0. The normalized spacial score (nSPS) is 23.0. The molecule has 1 aliphatic rings. The summed E-state index contributed by atoms with van der Waals surface area (Å²) in [4.78, 5) is 18.2. The van der Waals surface area contributed by atoms with Crippen molar-refractivity contribution in [2.45, 2.75) is 44.7 Å². The minimum Gasteiger partial charge on any atom is -0.478 e. The summed E-state index contributed by atoms with van der Waals surface area (Å²) in [6.45, 7) is 2.04. The van der Waals surface area contributed by atoms with E-state index in [0.717, 1.165) is 31.9 Å². The fourth-order valence-electron chi connectivity index (χ4n) is 2.65. The van der Waals surface area contributed by atoms with Crippen LogP contribution in [-0.4, -0.2) is 21.0 Å². The largest absolute Gasteiger partial charge is 0.478 e. The first-order valence-corrected chi connectivity index (χ1v) is 6.50. The number of rotatable bonds is 3. The number of aromatic carboxylic acids is 1. The number of carboxylic acids is 1. The van der Waals surface area contributed by atoms with Gasteiger partial charge in [0, 0.05) is 12.1 Å². The van der Waals surface area contributed by atoms with Gasteiger partial charge in [-0.1, -0.05) is 13.3 Å². The summed E-state index contributed by atoms with van der Waals surface area (Å²) in [7, 11) is 0. The Bertz CT molecular complexity index is 517. The maximum atomic E-state index is 12.9. The number of aromatic nitrogens is 2. The molecule has 0 saturated heterocycles. The van der Waals surface area contributed by atoms with E-state index in [9.17, 15) is 18.0 Å². The van der Waals surface area contributed by atoms with Crippen LogP contribution in [0, 0.1) is 5.92 Å². The lowest BCUT2D eigenvalue weighted by Gasteiger charge is -2.13. The lowest BCUT2D eigenvalue weighted by atomic mass is 10.0. The monoisotopic (exact) mass is 288 g/mol. The zero-order valence-corrected chi connectivity index (χ0v) is 10.9. The topological polar surface area (TPSA) is 63.1 Å². The highest BCUT2D eigenvalue weighted by Gasteiger charge is 2.39. The van der Waals surface area contributed by atoms with E-state index in [4.69, 9.17) is 5.11 Å². The van der Waals surface area contributed by atoms with Gasteiger partial charge >= 0.3 is 12.1 Å². The number of carbonyl (C=O) groups is 1. The molecule has 0 aromatic carbocycles. The van der Waals surface area contributed by atoms with Crippen molar-refractivity contribution in [2.24, 2.45) is 5.92 Å². The molecule has 1 fully saturated rings. The fraction of sp³-hybridized carbons (Fsp3) is 0.615. The molecular formula is C13H15F3N2O2. The van der Waals surface area contributed by atoms with Crippen LogP contribution < -0.4 is 0 Å². The SMILES string of the molecule is CCC1CCC(c2ncc(C(=O)O)c(C(F)(F)F)n2)C1. The van der Waals surface area contributed by atoms with Crippen LogP contribution in [0.5, 0.6) is 0 Å². The van der Waals surface area contributed by atoms with Gasteiger partial charge in [-0.15, -0.1) is 0 Å². The van der Waals surface area contributed by atoms with Gasteiger partial charge in [0.15, 0.2) is 5.69 Å². The molecule has 2 unspecified atom stereocenters. The maximum absolute atomic E-state index is 12.9. The maximum Gasteiger partial charge on any atom is 0.434 e. The molecule has 1 heterocycles. The standard InChI is InChI=1S/C13H15F3N2O2/c1-2-7-3-4-8(5-7)11-17-6-9(12(19)20)10(18-11)13(14,15)16/h6-8H,2-5H2,1H3,(H,19,20). The molecule has 0 spiro atoms. The molecule has 1 N–H and O–H groups in total. The number of hydrogen-bond acceptors (Lipinski definition) is 3. The third-order valence-electron chi connectivity index (χ3n) is 3.79. The highest BCUT2D eigenvalue weighted by atomic mass is 19.4. The molecule has 1 saturated carbocycles. The molecule has 2 atom stereocenters. The highest BCUT2D eigenvalue weighted by Crippen LogP contribution is 2.39. The Morgan fingerprint density at radius 2 is 2.15 bits per heavy atom. The molecule has 0 radical (unpaired) electrons. The van der Waals surface area contributed by atoms with Gasteiger partial charge in [-0.25, -0.2) is 14.8 Å². The molecule has 0 bridgehead atoms. The fourth-order valence-corrected chi connectivity index (χ4v) is 2.65. The van der Waals surface area contributed by atoms with Crippen LogP contribution in [0.25, 0.3) is 0 Å². The van der Waals surface area contributed by atoms with Gasteiger partial charge in [-0.2, -0.15) is 13.2 Å². The van der Waals surface area contributed by atoms with E-state index < -0.39 is 23.4 Å². The minimum absolute atomic E-state index is 0.108. The van der Waals surface area contributed by atoms with Gasteiger partial charge in [0.25, 0.3) is 0 Å². The van der Waals surface area contributed by atoms with Gasteiger partial charge in [0.2, 0.25) is 0 Å². The Balaban J connectivity index is 2.35. The third kappa shape index (κ3) is 2.91. The van der Waals surface area contributed by atoms with Crippen molar-refractivity contribution in [3.63, 3.8) is 0 Å². The lowest BCUT2D eigenvalue weighted by Crippen LogP contribution is -2.18. The van der Waals surface area contributed by atoms with Crippen molar-refractivity contribution in [3.8, 4) is 0 Å². The van der Waals surface area contributed by atoms with Crippen LogP contribution >= 0.6 is 0 Å². The molecule has 110 valence electrons. The van der Waals surface area contributed by atoms with Crippen LogP contribution in [-0.2, 0) is 6.18 Å². The summed E-state index contributed by atoms with van der Waals surface area (Å²) in [5, 5.41) is 8.79. The number of alkyl halides is 3. The molecule has 1 aromatic heterocycles. The van der Waals surface area contributed by atoms with E-state index in [1.807, 2.05) is 6.92 Å². The van der Waals surface area contributed by atoms with Gasteiger partial charge in [0.05, 0.1) is 0 Å². The second-order valence-electron chi connectivity index (χ2n) is 5.08. The molecule has 4 nitrogen and oxygen atoms in total. The van der Waals surface area contributed by atoms with E-state index in [1.165, 1.54) is 0 Å². The Kier molecular flexibility index (Phi) is 3.96. The smallest absolute Gasteiger partial charge is 0.434 e. The molecule has 1 aliphatic carbocycles. The highest BCUT2D eigenvalue weighted by molar-refractivity contribution is 5.88. The van der Waals surface area contributed by atoms with E-state index >= 15 is 0 Å². The first kappa shape index (κ1) is 14.7. The molecule has 0 aliphatic heterocycles. The van der Waals surface area contributed by atoms with Crippen molar-refractivity contribution in [2.75, 3.05) is 0 Å². The second kappa shape index (κ2) is 5.38. The van der Waals surface area contributed by atoms with Crippen LogP contribution in [0.4, 0.5) is 13.2 Å². The summed E-state index contributed by atoms with van der Waals surface area (Å²) < 4.78 is 38.6. The van der Waals surface area contributed by atoms with Crippen LogP contribution in [0.1, 0.15) is 60.4 Å². The number of halogens is 3. The minimum atomic E-state index is -4.78. The predicted octanol–water partition coefficient (Wildman–Crippen LogP) is 3.49. The van der Waals surface area contributed by atoms with E-state index in [1.54, 1.807) is 0 Å². The van der Waals surface area contributed by atoms with Crippen molar-refractivity contribution in [1.29, 1.82) is 0 Å². The summed E-state index contributed by atoms with van der Waals surface area (Å²) in [6.07, 6.45) is -0.564. The first-order valence-electron chi connectivity index (χ1n) is 6.50. The third-order valence-corrected chi connectivity index (χ3v) is 3.79. The van der Waals surface area contributed by atoms with Crippen molar-refractivity contribution in [3.05, 3.63) is 23.3 Å². The number of nitrogens with zero attached hydrogens (tertiary/aromatic N) is 2. The van der Waals surface area contributed by atoms with E-state index in [2.05, 4.69) is 9.97 Å². The first-order chi connectivity index (χ1) is 9.32. The average Bonchev–Trinajstić information content (AvgIpc) is 2.85. The summed E-state index contributed by atoms with van der Waals surface area (Å²) in [5.74, 6) is -1.18. The van der Waals surface area contributed by atoms with Crippen molar-refractivity contribution in [1.82, 2.24) is 9.97 Å². The summed E-state index contributed by atoms with van der Waals surface area (Å²) in [5.41, 5.74) is -2.25. The number of hydrogen-bond donors (Lipinski definition) is 1. The van der Waals surface area contributed by atoms with Crippen molar-refractivity contribution < 1.29 is 23.1 Å². The quantitative estimate of drug-likeness (QED) is 0.924. The van der Waals surface area contributed by atoms with Gasteiger partial charge in [-0.05, 0) is 25.2 Å². The predicted molar refractivity (Wildman–Crippen MR) is 64.4 cm³/mol. The second-order valence-corrected chi connectivity index (χ2v) is 5.08. The van der Waals surface area contributed by atoms with Gasteiger partial charge < -0.3 is 5.11 Å². The number of carboxylic acid groups (broad SMARTS) is 1. The summed E-state index contributed by atoms with van der Waals surface area (Å²) in [6, 6.07) is 0. The van der Waals surface area contributed by atoms with E-state index in [-0.39, 0.29) is 11.7 Å².